The summed E-state index contributed by atoms with van der Waals surface area (Å²) in [6.45, 7) is 4.00. The molecule has 1 aromatic carbocycles. The molecule has 0 radical (unpaired) electrons. The fourth-order valence-electron chi connectivity index (χ4n) is 3.24. The van der Waals surface area contributed by atoms with Gasteiger partial charge in [0.2, 0.25) is 0 Å². The van der Waals surface area contributed by atoms with Crippen LogP contribution in [0.2, 0.25) is 5.02 Å². The van der Waals surface area contributed by atoms with Crippen LogP contribution in [0.25, 0.3) is 0 Å². The van der Waals surface area contributed by atoms with E-state index in [0.717, 1.165) is 35.6 Å². The van der Waals surface area contributed by atoms with E-state index < -0.39 is 17.5 Å². The van der Waals surface area contributed by atoms with Gasteiger partial charge in [-0.25, -0.2) is 13.5 Å². The first-order valence-electron chi connectivity index (χ1n) is 8.57. The molecular formula is C18H18ClF2N3O2S. The molecule has 0 atom stereocenters. The van der Waals surface area contributed by atoms with Crippen molar-refractivity contribution in [3.05, 3.63) is 46.2 Å². The van der Waals surface area contributed by atoms with E-state index in [-0.39, 0.29) is 11.2 Å². The Morgan fingerprint density at radius 1 is 1.33 bits per heavy atom. The van der Waals surface area contributed by atoms with E-state index in [1.54, 1.807) is 0 Å². The Labute approximate surface area is 164 Å². The third-order valence-electron chi connectivity index (χ3n) is 4.69. The van der Waals surface area contributed by atoms with Gasteiger partial charge < -0.3 is 14.6 Å². The van der Waals surface area contributed by atoms with Gasteiger partial charge in [0.25, 0.3) is 5.91 Å². The minimum absolute atomic E-state index is 0.116. The minimum atomic E-state index is -1.02. The average Bonchev–Trinajstić information content (AvgIpc) is 3.15. The van der Waals surface area contributed by atoms with Gasteiger partial charge in [-0.15, -0.1) is 0 Å². The normalized spacial score (nSPS) is 17.5. The third kappa shape index (κ3) is 3.47. The van der Waals surface area contributed by atoms with E-state index in [1.165, 1.54) is 18.0 Å². The molecule has 0 saturated carbocycles. The Morgan fingerprint density at radius 2 is 2.11 bits per heavy atom. The SMILES string of the molecule is CC1(NSc2c(Cl)c(C(=O)Nc3ccc(F)c(F)c3)n3c2CCC3)COC1. The second kappa shape index (κ2) is 7.09. The van der Waals surface area contributed by atoms with Crippen molar-refractivity contribution in [2.75, 3.05) is 18.5 Å². The molecule has 1 fully saturated rings. The summed E-state index contributed by atoms with van der Waals surface area (Å²) in [5, 5.41) is 2.97. The molecule has 4 rings (SSSR count). The van der Waals surface area contributed by atoms with Crippen molar-refractivity contribution in [1.82, 2.24) is 9.29 Å². The van der Waals surface area contributed by atoms with Gasteiger partial charge in [0, 0.05) is 24.0 Å². The lowest BCUT2D eigenvalue weighted by Crippen LogP contribution is -2.55. The van der Waals surface area contributed by atoms with E-state index in [2.05, 4.69) is 17.0 Å². The van der Waals surface area contributed by atoms with Crippen LogP contribution in [0.15, 0.2) is 23.1 Å². The minimum Gasteiger partial charge on any atom is -0.377 e. The maximum atomic E-state index is 13.4. The summed E-state index contributed by atoms with van der Waals surface area (Å²) in [5.41, 5.74) is 1.41. The summed E-state index contributed by atoms with van der Waals surface area (Å²) >= 11 is 7.96. The first-order chi connectivity index (χ1) is 12.9. The number of aromatic nitrogens is 1. The molecule has 2 aromatic rings. The van der Waals surface area contributed by atoms with Crippen LogP contribution in [0, 0.1) is 11.6 Å². The van der Waals surface area contributed by atoms with E-state index in [1.807, 2.05) is 4.57 Å². The summed E-state index contributed by atoms with van der Waals surface area (Å²) in [4.78, 5) is 13.6. The van der Waals surface area contributed by atoms with Gasteiger partial charge in [-0.3, -0.25) is 4.79 Å². The maximum Gasteiger partial charge on any atom is 0.273 e. The first-order valence-corrected chi connectivity index (χ1v) is 9.76. The summed E-state index contributed by atoms with van der Waals surface area (Å²) in [6.07, 6.45) is 1.75. The van der Waals surface area contributed by atoms with Crippen LogP contribution in [0.4, 0.5) is 14.5 Å². The summed E-state index contributed by atoms with van der Waals surface area (Å²) in [7, 11) is 0. The summed E-state index contributed by atoms with van der Waals surface area (Å²) in [5.74, 6) is -2.43. The van der Waals surface area contributed by atoms with Crippen LogP contribution in [0.3, 0.4) is 0 Å². The number of hydrogen-bond donors (Lipinski definition) is 2. The molecule has 2 aliphatic heterocycles. The van der Waals surface area contributed by atoms with E-state index in [0.29, 0.717) is 30.5 Å². The van der Waals surface area contributed by atoms with Gasteiger partial charge in [0.1, 0.15) is 5.69 Å². The zero-order chi connectivity index (χ0) is 19.2. The molecule has 9 heteroatoms. The van der Waals surface area contributed by atoms with Gasteiger partial charge in [-0.1, -0.05) is 11.6 Å². The quantitative estimate of drug-likeness (QED) is 0.727. The highest BCUT2D eigenvalue weighted by molar-refractivity contribution is 7.97. The Hall–Kier alpha value is -1.61. The number of fused-ring (bicyclic) bond motifs is 1. The molecule has 27 heavy (non-hydrogen) atoms. The summed E-state index contributed by atoms with van der Waals surface area (Å²) in [6, 6.07) is 3.23. The van der Waals surface area contributed by atoms with Crippen molar-refractivity contribution in [2.45, 2.75) is 36.7 Å². The third-order valence-corrected chi connectivity index (χ3v) is 6.41. The highest BCUT2D eigenvalue weighted by Crippen LogP contribution is 2.40. The van der Waals surface area contributed by atoms with Crippen LogP contribution < -0.4 is 10.0 Å². The molecule has 2 N–H and O–H groups in total. The zero-order valence-electron chi connectivity index (χ0n) is 14.6. The lowest BCUT2D eigenvalue weighted by atomic mass is 10.0. The van der Waals surface area contributed by atoms with Crippen molar-refractivity contribution < 1.29 is 18.3 Å². The van der Waals surface area contributed by atoms with Gasteiger partial charge in [-0.05, 0) is 43.8 Å². The highest BCUT2D eigenvalue weighted by atomic mass is 35.5. The van der Waals surface area contributed by atoms with Crippen LogP contribution in [0.1, 0.15) is 29.5 Å². The van der Waals surface area contributed by atoms with E-state index in [4.69, 9.17) is 16.3 Å². The fourth-order valence-corrected chi connectivity index (χ4v) is 4.64. The topological polar surface area (TPSA) is 55.3 Å². The van der Waals surface area contributed by atoms with Gasteiger partial charge in [0.05, 0.1) is 28.7 Å². The highest BCUT2D eigenvalue weighted by Gasteiger charge is 2.35. The average molecular weight is 414 g/mol. The molecule has 144 valence electrons. The molecule has 3 heterocycles. The number of hydrogen-bond acceptors (Lipinski definition) is 4. The number of nitrogens with zero attached hydrogens (tertiary/aromatic N) is 1. The van der Waals surface area contributed by atoms with Crippen molar-refractivity contribution in [3.63, 3.8) is 0 Å². The molecule has 1 amide bonds. The van der Waals surface area contributed by atoms with Crippen LogP contribution >= 0.6 is 23.5 Å². The molecular weight excluding hydrogens is 396 g/mol. The van der Waals surface area contributed by atoms with Crippen LogP contribution in [-0.4, -0.2) is 29.2 Å². The lowest BCUT2D eigenvalue weighted by molar-refractivity contribution is -0.0510. The molecule has 0 aliphatic carbocycles. The Balaban J connectivity index is 1.59. The maximum absolute atomic E-state index is 13.4. The second-order valence-corrected chi connectivity index (χ2v) is 8.23. The van der Waals surface area contributed by atoms with Crippen LogP contribution in [-0.2, 0) is 17.7 Å². The first kappa shape index (κ1) is 18.7. The van der Waals surface area contributed by atoms with E-state index in [9.17, 15) is 13.6 Å². The van der Waals surface area contributed by atoms with Crippen molar-refractivity contribution in [1.29, 1.82) is 0 Å². The predicted octanol–water partition coefficient (Wildman–Crippen LogP) is 4.00. The standard InChI is InChI=1S/C18H18ClF2N3O2S/c1-18(8-26-9-18)23-27-16-13-3-2-6-24(13)15(14(16)19)17(25)22-10-4-5-11(20)12(21)7-10/h4-5,7,23H,2-3,6,8-9H2,1H3,(H,22,25). The number of carbonyl (C=O) groups is 1. The van der Waals surface area contributed by atoms with Gasteiger partial charge in [-0.2, -0.15) is 0 Å². The van der Waals surface area contributed by atoms with Crippen LogP contribution in [0.5, 0.6) is 0 Å². The molecule has 1 aromatic heterocycles. The number of anilines is 1. The molecule has 2 aliphatic rings. The van der Waals surface area contributed by atoms with Crippen molar-refractivity contribution in [3.8, 4) is 0 Å². The largest absolute Gasteiger partial charge is 0.377 e. The second-order valence-electron chi connectivity index (χ2n) is 7.03. The number of ether oxygens (including phenoxy) is 1. The zero-order valence-corrected chi connectivity index (χ0v) is 16.1. The van der Waals surface area contributed by atoms with Crippen molar-refractivity contribution >= 4 is 35.1 Å². The molecule has 0 bridgehead atoms. The van der Waals surface area contributed by atoms with E-state index >= 15 is 0 Å². The molecule has 1 saturated heterocycles. The smallest absolute Gasteiger partial charge is 0.273 e. The molecule has 0 unspecified atom stereocenters. The Bertz CT molecular complexity index is 914. The number of halogens is 3. The lowest BCUT2D eigenvalue weighted by Gasteiger charge is -2.38. The number of amides is 1. The Kier molecular flexibility index (Phi) is 4.92. The monoisotopic (exact) mass is 413 g/mol. The molecule has 0 spiro atoms. The number of benzene rings is 1. The fraction of sp³-hybridized carbons (Fsp3) is 0.389. The van der Waals surface area contributed by atoms with Crippen molar-refractivity contribution in [2.24, 2.45) is 0 Å². The van der Waals surface area contributed by atoms with Gasteiger partial charge in [0.15, 0.2) is 11.6 Å². The number of rotatable bonds is 5. The predicted molar refractivity (Wildman–Crippen MR) is 100 cm³/mol. The number of carbonyl (C=O) groups excluding carboxylic acids is 1. The summed E-state index contributed by atoms with van der Waals surface area (Å²) < 4.78 is 37.0. The Morgan fingerprint density at radius 3 is 2.78 bits per heavy atom. The van der Waals surface area contributed by atoms with Gasteiger partial charge >= 0.3 is 0 Å². The number of nitrogens with one attached hydrogen (secondary N) is 2. The molecule has 5 nitrogen and oxygen atoms in total.